The van der Waals surface area contributed by atoms with Crippen molar-refractivity contribution in [3.63, 3.8) is 0 Å². The fraction of sp³-hybridized carbons (Fsp3) is 0.0625. The van der Waals surface area contributed by atoms with Gasteiger partial charge in [-0.2, -0.15) is 0 Å². The van der Waals surface area contributed by atoms with Crippen LogP contribution in [0.15, 0.2) is 62.7 Å². The van der Waals surface area contributed by atoms with Crippen LogP contribution in [0, 0.1) is 0 Å². The fourth-order valence-electron chi connectivity index (χ4n) is 2.41. The van der Waals surface area contributed by atoms with Crippen molar-refractivity contribution in [1.29, 1.82) is 0 Å². The second-order valence-corrected chi connectivity index (χ2v) is 5.62. The van der Waals surface area contributed by atoms with Gasteiger partial charge >= 0.3 is 0 Å². The van der Waals surface area contributed by atoms with E-state index in [1.807, 2.05) is 36.4 Å². The van der Waals surface area contributed by atoms with Gasteiger partial charge < -0.3 is 9.52 Å². The number of aromatic nitrogens is 1. The monoisotopic (exact) mass is 281 g/mol. The van der Waals surface area contributed by atoms with Crippen molar-refractivity contribution >= 4 is 11.8 Å². The summed E-state index contributed by atoms with van der Waals surface area (Å²) in [6, 6.07) is 16.2. The summed E-state index contributed by atoms with van der Waals surface area (Å²) in [5.74, 6) is 1.09. The molecule has 4 heteroatoms. The Morgan fingerprint density at radius 2 is 1.60 bits per heavy atom. The average molecular weight is 281 g/mol. The van der Waals surface area contributed by atoms with E-state index < -0.39 is 0 Å². The van der Waals surface area contributed by atoms with Crippen LogP contribution in [0.4, 0.5) is 0 Å². The molecule has 1 aromatic heterocycles. The first-order valence-corrected chi connectivity index (χ1v) is 7.15. The molecule has 0 spiro atoms. The Labute approximate surface area is 120 Å². The smallest absolute Gasteiger partial charge is 0.221 e. The number of aliphatic hydroxyl groups excluding tert-OH is 1. The van der Waals surface area contributed by atoms with Crippen LogP contribution < -0.4 is 0 Å². The zero-order chi connectivity index (χ0) is 13.5. The lowest BCUT2D eigenvalue weighted by Crippen LogP contribution is -1.84. The highest BCUT2D eigenvalue weighted by Gasteiger charge is 2.24. The van der Waals surface area contributed by atoms with E-state index in [-0.39, 0.29) is 6.61 Å². The van der Waals surface area contributed by atoms with Gasteiger partial charge in [-0.25, -0.2) is 4.98 Å². The van der Waals surface area contributed by atoms with Crippen molar-refractivity contribution in [3.8, 4) is 22.6 Å². The van der Waals surface area contributed by atoms with Gasteiger partial charge in [-0.3, -0.25) is 0 Å². The molecule has 0 saturated heterocycles. The molecular weight excluding hydrogens is 270 g/mol. The second-order valence-electron chi connectivity index (χ2n) is 4.54. The quantitative estimate of drug-likeness (QED) is 0.573. The maximum absolute atomic E-state index is 9.29. The van der Waals surface area contributed by atoms with E-state index in [2.05, 4.69) is 17.1 Å². The number of benzene rings is 2. The van der Waals surface area contributed by atoms with Crippen LogP contribution in [0.3, 0.4) is 0 Å². The highest BCUT2D eigenvalue weighted by atomic mass is 32.2. The Balaban J connectivity index is 2.08. The van der Waals surface area contributed by atoms with Gasteiger partial charge in [-0.05, 0) is 12.1 Å². The van der Waals surface area contributed by atoms with Crippen LogP contribution in [-0.2, 0) is 6.61 Å². The average Bonchev–Trinajstić information content (AvgIpc) is 2.87. The highest BCUT2D eigenvalue weighted by Crippen LogP contribution is 2.47. The molecule has 2 heterocycles. The van der Waals surface area contributed by atoms with Crippen molar-refractivity contribution in [2.24, 2.45) is 0 Å². The molecule has 1 aliphatic heterocycles. The zero-order valence-corrected chi connectivity index (χ0v) is 11.4. The molecule has 0 fully saturated rings. The van der Waals surface area contributed by atoms with E-state index in [0.717, 1.165) is 32.4 Å². The predicted octanol–water partition coefficient (Wildman–Crippen LogP) is 3.97. The molecule has 1 N–H and O–H groups in total. The molecule has 0 saturated carbocycles. The minimum absolute atomic E-state index is 0.190. The first kappa shape index (κ1) is 11.8. The van der Waals surface area contributed by atoms with Crippen molar-refractivity contribution < 1.29 is 9.52 Å². The summed E-state index contributed by atoms with van der Waals surface area (Å²) in [7, 11) is 0. The predicted molar refractivity (Wildman–Crippen MR) is 77.4 cm³/mol. The Bertz CT molecular complexity index is 732. The molecule has 0 radical (unpaired) electrons. The molecule has 0 amide bonds. The Hall–Kier alpha value is -2.04. The molecule has 0 atom stereocenters. The first-order valence-electron chi connectivity index (χ1n) is 6.34. The van der Waals surface area contributed by atoms with Gasteiger partial charge in [-0.15, -0.1) is 0 Å². The summed E-state index contributed by atoms with van der Waals surface area (Å²) in [4.78, 5) is 6.73. The van der Waals surface area contributed by atoms with Gasteiger partial charge in [0.2, 0.25) is 5.89 Å². The Morgan fingerprint density at radius 3 is 2.35 bits per heavy atom. The van der Waals surface area contributed by atoms with Crippen LogP contribution in [0.2, 0.25) is 0 Å². The molecule has 0 unspecified atom stereocenters. The molecule has 4 rings (SSSR count). The molecule has 3 nitrogen and oxygen atoms in total. The van der Waals surface area contributed by atoms with Gasteiger partial charge in [0.25, 0.3) is 0 Å². The highest BCUT2D eigenvalue weighted by molar-refractivity contribution is 7.99. The zero-order valence-electron chi connectivity index (χ0n) is 10.5. The van der Waals surface area contributed by atoms with Gasteiger partial charge in [0.1, 0.15) is 12.3 Å². The largest absolute Gasteiger partial charge is 0.437 e. The molecule has 3 aromatic rings. The second kappa shape index (κ2) is 4.51. The maximum atomic E-state index is 9.29. The number of hydrogen-bond acceptors (Lipinski definition) is 4. The van der Waals surface area contributed by atoms with Crippen molar-refractivity contribution in [2.75, 3.05) is 0 Å². The van der Waals surface area contributed by atoms with E-state index in [1.54, 1.807) is 11.8 Å². The molecule has 0 bridgehead atoms. The number of hydrogen-bond donors (Lipinski definition) is 1. The summed E-state index contributed by atoms with van der Waals surface area (Å²) in [6.07, 6.45) is 0. The fourth-order valence-corrected chi connectivity index (χ4v) is 3.49. The molecule has 20 heavy (non-hydrogen) atoms. The summed E-state index contributed by atoms with van der Waals surface area (Å²) < 4.78 is 5.74. The third-order valence-electron chi connectivity index (χ3n) is 3.30. The van der Waals surface area contributed by atoms with Crippen LogP contribution in [0.5, 0.6) is 0 Å². The summed E-state index contributed by atoms with van der Waals surface area (Å²) in [5, 5.41) is 9.29. The summed E-state index contributed by atoms with van der Waals surface area (Å²) >= 11 is 1.72. The number of fused-ring (bicyclic) bond motifs is 5. The van der Waals surface area contributed by atoms with Crippen molar-refractivity contribution in [3.05, 3.63) is 54.4 Å². The van der Waals surface area contributed by atoms with Gasteiger partial charge in [0.15, 0.2) is 5.76 Å². The standard InChI is InChI=1S/C16H11NO2S/c18-9-14-17-15-10-5-1-3-7-12(10)20-13-8-4-2-6-11(13)16(15)19-14/h1-8,18H,9H2. The number of nitrogens with zero attached hydrogens (tertiary/aromatic N) is 1. The number of rotatable bonds is 1. The van der Waals surface area contributed by atoms with Crippen LogP contribution >= 0.6 is 11.8 Å². The van der Waals surface area contributed by atoms with Gasteiger partial charge in [0.05, 0.1) is 0 Å². The Morgan fingerprint density at radius 1 is 0.950 bits per heavy atom. The van der Waals surface area contributed by atoms with E-state index in [0.29, 0.717) is 5.89 Å². The van der Waals surface area contributed by atoms with Crippen molar-refractivity contribution in [2.45, 2.75) is 16.4 Å². The van der Waals surface area contributed by atoms with Crippen molar-refractivity contribution in [1.82, 2.24) is 4.98 Å². The van der Waals surface area contributed by atoms with E-state index in [9.17, 15) is 5.11 Å². The lowest BCUT2D eigenvalue weighted by atomic mass is 10.1. The van der Waals surface area contributed by atoms with Gasteiger partial charge in [-0.1, -0.05) is 48.2 Å². The third-order valence-corrected chi connectivity index (χ3v) is 4.45. The van der Waals surface area contributed by atoms with Gasteiger partial charge in [0, 0.05) is 20.9 Å². The Kier molecular flexibility index (Phi) is 2.65. The maximum Gasteiger partial charge on any atom is 0.221 e. The molecule has 98 valence electrons. The molecule has 0 aliphatic carbocycles. The van der Waals surface area contributed by atoms with E-state index in [1.165, 1.54) is 0 Å². The normalized spacial score (nSPS) is 12.2. The lowest BCUT2D eigenvalue weighted by molar-refractivity contribution is 0.241. The topological polar surface area (TPSA) is 46.3 Å². The number of aliphatic hydroxyl groups is 1. The van der Waals surface area contributed by atoms with Crippen LogP contribution in [0.1, 0.15) is 5.89 Å². The molecule has 2 aromatic carbocycles. The lowest BCUT2D eigenvalue weighted by Gasteiger charge is -2.04. The minimum Gasteiger partial charge on any atom is -0.437 e. The van der Waals surface area contributed by atoms with Crippen LogP contribution in [-0.4, -0.2) is 10.1 Å². The minimum atomic E-state index is -0.190. The first-order chi connectivity index (χ1) is 9.86. The molecule has 1 aliphatic rings. The summed E-state index contributed by atoms with van der Waals surface area (Å²) in [6.45, 7) is -0.190. The summed E-state index contributed by atoms with van der Waals surface area (Å²) in [5.41, 5.74) is 2.88. The SMILES string of the molecule is OCc1nc2c(o1)-c1ccccc1Sc1ccccc1-2. The van der Waals surface area contributed by atoms with E-state index >= 15 is 0 Å². The number of oxazole rings is 1. The molecular formula is C16H11NO2S. The third kappa shape index (κ3) is 1.69. The van der Waals surface area contributed by atoms with Crippen LogP contribution in [0.25, 0.3) is 22.6 Å². The van der Waals surface area contributed by atoms with E-state index in [4.69, 9.17) is 4.42 Å².